The molecule has 3 nitrogen and oxygen atoms in total. The highest BCUT2D eigenvalue weighted by molar-refractivity contribution is 7.18. The molecular formula is C15H14N2OS2. The Morgan fingerprint density at radius 2 is 2.10 bits per heavy atom. The molecule has 5 heteroatoms. The molecule has 0 saturated carbocycles. The molecule has 0 bridgehead atoms. The maximum absolute atomic E-state index is 12.1. The molecule has 2 aromatic heterocycles. The predicted octanol–water partition coefficient (Wildman–Crippen LogP) is 3.56. The van der Waals surface area contributed by atoms with Crippen LogP contribution in [0.15, 0.2) is 41.8 Å². The van der Waals surface area contributed by atoms with Crippen molar-refractivity contribution in [2.24, 2.45) is 0 Å². The first kappa shape index (κ1) is 13.3. The maximum atomic E-state index is 12.1. The van der Waals surface area contributed by atoms with Crippen molar-refractivity contribution in [3.8, 4) is 0 Å². The molecule has 0 aliphatic carbocycles. The van der Waals surface area contributed by atoms with E-state index in [4.69, 9.17) is 0 Å². The number of benzene rings is 1. The minimum atomic E-state index is 0.131. The van der Waals surface area contributed by atoms with Crippen molar-refractivity contribution in [1.29, 1.82) is 0 Å². The van der Waals surface area contributed by atoms with Gasteiger partial charge in [0.2, 0.25) is 5.91 Å². The summed E-state index contributed by atoms with van der Waals surface area (Å²) in [6.45, 7) is 0.573. The number of rotatable bonds is 4. The van der Waals surface area contributed by atoms with Crippen LogP contribution in [0.4, 0.5) is 0 Å². The van der Waals surface area contributed by atoms with Gasteiger partial charge in [-0.2, -0.15) is 0 Å². The summed E-state index contributed by atoms with van der Waals surface area (Å²) in [6.07, 6.45) is 0.471. The molecule has 0 atom stereocenters. The van der Waals surface area contributed by atoms with Crippen LogP contribution >= 0.6 is 22.7 Å². The zero-order valence-corrected chi connectivity index (χ0v) is 12.7. The van der Waals surface area contributed by atoms with E-state index in [9.17, 15) is 4.79 Å². The fourth-order valence-corrected chi connectivity index (χ4v) is 3.69. The summed E-state index contributed by atoms with van der Waals surface area (Å²) in [5, 5.41) is 2.98. The van der Waals surface area contributed by atoms with E-state index in [1.54, 1.807) is 27.6 Å². The van der Waals surface area contributed by atoms with E-state index in [0.29, 0.717) is 13.0 Å². The Labute approximate surface area is 125 Å². The van der Waals surface area contributed by atoms with Crippen LogP contribution in [0.1, 0.15) is 9.88 Å². The van der Waals surface area contributed by atoms with Crippen molar-refractivity contribution < 1.29 is 4.79 Å². The molecule has 1 amide bonds. The van der Waals surface area contributed by atoms with E-state index in [-0.39, 0.29) is 5.91 Å². The van der Waals surface area contributed by atoms with Crippen LogP contribution < -0.4 is 0 Å². The topological polar surface area (TPSA) is 33.2 Å². The number of carbonyl (C=O) groups is 1. The molecule has 2 heterocycles. The monoisotopic (exact) mass is 302 g/mol. The van der Waals surface area contributed by atoms with Crippen molar-refractivity contribution in [3.63, 3.8) is 0 Å². The molecular weight excluding hydrogens is 288 g/mol. The van der Waals surface area contributed by atoms with Crippen LogP contribution in [0.5, 0.6) is 0 Å². The summed E-state index contributed by atoms with van der Waals surface area (Å²) in [7, 11) is 1.84. The second kappa shape index (κ2) is 5.73. The van der Waals surface area contributed by atoms with Crippen LogP contribution in [-0.4, -0.2) is 22.8 Å². The summed E-state index contributed by atoms with van der Waals surface area (Å²) >= 11 is 3.27. The quantitative estimate of drug-likeness (QED) is 0.738. The van der Waals surface area contributed by atoms with Gasteiger partial charge in [-0.1, -0.05) is 18.2 Å². The van der Waals surface area contributed by atoms with Crippen molar-refractivity contribution in [2.45, 2.75) is 13.0 Å². The molecule has 0 saturated heterocycles. The van der Waals surface area contributed by atoms with E-state index in [1.807, 2.05) is 42.8 Å². The number of para-hydroxylation sites is 1. The summed E-state index contributed by atoms with van der Waals surface area (Å²) in [5.74, 6) is 0.131. The summed E-state index contributed by atoms with van der Waals surface area (Å²) in [5.41, 5.74) is 1.01. The molecule has 20 heavy (non-hydrogen) atoms. The molecule has 102 valence electrons. The van der Waals surface area contributed by atoms with Crippen LogP contribution in [-0.2, 0) is 17.8 Å². The fourth-order valence-electron chi connectivity index (χ4n) is 1.98. The highest BCUT2D eigenvalue weighted by Crippen LogP contribution is 2.22. The van der Waals surface area contributed by atoms with E-state index in [1.165, 1.54) is 4.70 Å². The first-order valence-corrected chi connectivity index (χ1v) is 8.03. The lowest BCUT2D eigenvalue weighted by Gasteiger charge is -2.14. The average Bonchev–Trinajstić information content (AvgIpc) is 3.06. The normalized spacial score (nSPS) is 10.8. The molecule has 0 N–H and O–H groups in total. The molecule has 0 radical (unpaired) electrons. The third kappa shape index (κ3) is 2.89. The lowest BCUT2D eigenvalue weighted by molar-refractivity contribution is -0.129. The summed E-state index contributed by atoms with van der Waals surface area (Å²) in [4.78, 5) is 19.5. The smallest absolute Gasteiger partial charge is 0.227 e. The first-order valence-electron chi connectivity index (χ1n) is 6.33. The Hall–Kier alpha value is -1.72. The van der Waals surface area contributed by atoms with Gasteiger partial charge in [0.05, 0.1) is 23.2 Å². The summed E-state index contributed by atoms with van der Waals surface area (Å²) < 4.78 is 1.17. The largest absolute Gasteiger partial charge is 0.339 e. The number of nitrogens with zero attached hydrogens (tertiary/aromatic N) is 2. The van der Waals surface area contributed by atoms with E-state index < -0.39 is 0 Å². The number of likely N-dealkylation sites (N-methyl/N-ethyl adjacent to an activating group) is 1. The van der Waals surface area contributed by atoms with Gasteiger partial charge in [-0.25, -0.2) is 4.98 Å². The van der Waals surface area contributed by atoms with E-state index in [2.05, 4.69) is 11.1 Å². The SMILES string of the molecule is CN(Cc1nc2ccccc2s1)C(=O)Cc1cccs1. The van der Waals surface area contributed by atoms with Crippen LogP contribution in [0.25, 0.3) is 10.2 Å². The molecule has 0 aliphatic heterocycles. The lowest BCUT2D eigenvalue weighted by atomic mass is 10.3. The number of amides is 1. The molecule has 1 aromatic carbocycles. The second-order valence-corrected chi connectivity index (χ2v) is 6.73. The molecule has 3 rings (SSSR count). The Morgan fingerprint density at radius 3 is 2.85 bits per heavy atom. The van der Waals surface area contributed by atoms with Crippen LogP contribution in [0, 0.1) is 0 Å². The van der Waals surface area contributed by atoms with E-state index >= 15 is 0 Å². The van der Waals surface area contributed by atoms with Gasteiger partial charge in [0.25, 0.3) is 0 Å². The zero-order valence-electron chi connectivity index (χ0n) is 11.1. The molecule has 0 aliphatic rings. The Bertz CT molecular complexity index is 685. The number of thiazole rings is 1. The average molecular weight is 302 g/mol. The Balaban J connectivity index is 1.68. The lowest BCUT2D eigenvalue weighted by Crippen LogP contribution is -2.27. The predicted molar refractivity (Wildman–Crippen MR) is 84.1 cm³/mol. The number of carbonyl (C=O) groups excluding carboxylic acids is 1. The first-order chi connectivity index (χ1) is 9.72. The van der Waals surface area contributed by atoms with Gasteiger partial charge < -0.3 is 4.90 Å². The van der Waals surface area contributed by atoms with Gasteiger partial charge in [0, 0.05) is 11.9 Å². The van der Waals surface area contributed by atoms with Gasteiger partial charge in [-0.05, 0) is 23.6 Å². The van der Waals surface area contributed by atoms with Gasteiger partial charge in [-0.3, -0.25) is 4.79 Å². The zero-order chi connectivity index (χ0) is 13.9. The van der Waals surface area contributed by atoms with Gasteiger partial charge >= 0.3 is 0 Å². The Morgan fingerprint density at radius 1 is 1.25 bits per heavy atom. The standard InChI is InChI=1S/C15H14N2OS2/c1-17(15(18)9-11-5-4-8-19-11)10-14-16-12-6-2-3-7-13(12)20-14/h2-8H,9-10H2,1H3. The molecule has 0 spiro atoms. The highest BCUT2D eigenvalue weighted by atomic mass is 32.1. The van der Waals surface area contributed by atoms with Crippen molar-refractivity contribution in [3.05, 3.63) is 51.7 Å². The highest BCUT2D eigenvalue weighted by Gasteiger charge is 2.13. The van der Waals surface area contributed by atoms with Gasteiger partial charge in [-0.15, -0.1) is 22.7 Å². The maximum Gasteiger partial charge on any atom is 0.227 e. The minimum absolute atomic E-state index is 0.131. The number of thiophene rings is 1. The van der Waals surface area contributed by atoms with Crippen molar-refractivity contribution in [2.75, 3.05) is 7.05 Å². The van der Waals surface area contributed by atoms with Crippen LogP contribution in [0.2, 0.25) is 0 Å². The second-order valence-electron chi connectivity index (χ2n) is 4.58. The van der Waals surface area contributed by atoms with E-state index in [0.717, 1.165) is 15.4 Å². The van der Waals surface area contributed by atoms with Gasteiger partial charge in [0.15, 0.2) is 0 Å². The van der Waals surface area contributed by atoms with Crippen molar-refractivity contribution >= 4 is 38.8 Å². The molecule has 3 aromatic rings. The van der Waals surface area contributed by atoms with Crippen molar-refractivity contribution in [1.82, 2.24) is 9.88 Å². The van der Waals surface area contributed by atoms with Crippen LogP contribution in [0.3, 0.4) is 0 Å². The number of hydrogen-bond acceptors (Lipinski definition) is 4. The third-order valence-corrected chi connectivity index (χ3v) is 4.94. The minimum Gasteiger partial charge on any atom is -0.339 e. The molecule has 0 unspecified atom stereocenters. The van der Waals surface area contributed by atoms with Gasteiger partial charge in [0.1, 0.15) is 5.01 Å². The molecule has 0 fully saturated rings. The summed E-state index contributed by atoms with van der Waals surface area (Å²) in [6, 6.07) is 12.0. The number of fused-ring (bicyclic) bond motifs is 1. The fraction of sp³-hybridized carbons (Fsp3) is 0.200. The number of hydrogen-bond donors (Lipinski definition) is 0. The third-order valence-electron chi connectivity index (χ3n) is 3.04. The Kier molecular flexibility index (Phi) is 3.80. The number of aromatic nitrogens is 1.